The van der Waals surface area contributed by atoms with Gasteiger partial charge in [-0.05, 0) is 13.0 Å². The summed E-state index contributed by atoms with van der Waals surface area (Å²) in [5.41, 5.74) is 2.18. The van der Waals surface area contributed by atoms with Crippen LogP contribution < -0.4 is 4.90 Å². The van der Waals surface area contributed by atoms with Gasteiger partial charge >= 0.3 is 5.97 Å². The van der Waals surface area contributed by atoms with Crippen molar-refractivity contribution in [3.8, 4) is 0 Å². The molecule has 2 rings (SSSR count). The molecular weight excluding hydrogens is 258 g/mol. The van der Waals surface area contributed by atoms with Gasteiger partial charge in [-0.25, -0.2) is 4.79 Å². The first-order valence-corrected chi connectivity index (χ1v) is 6.37. The highest BCUT2D eigenvalue weighted by atomic mass is 16.5. The maximum absolute atomic E-state index is 12.5. The van der Waals surface area contributed by atoms with E-state index in [1.807, 2.05) is 31.2 Å². The zero-order valence-corrected chi connectivity index (χ0v) is 11.8. The number of likely N-dealkylation sites (N-methyl/N-ethyl adjacent to an activating group) is 1. The van der Waals surface area contributed by atoms with Gasteiger partial charge < -0.3 is 14.4 Å². The molecule has 0 unspecified atom stereocenters. The highest BCUT2D eigenvalue weighted by Crippen LogP contribution is 2.38. The predicted octanol–water partition coefficient (Wildman–Crippen LogP) is 1.63. The summed E-state index contributed by atoms with van der Waals surface area (Å²) in [7, 11) is 2.77. The van der Waals surface area contributed by atoms with Gasteiger partial charge in [0, 0.05) is 19.2 Å². The van der Waals surface area contributed by atoms with Gasteiger partial charge in [-0.2, -0.15) is 0 Å². The van der Waals surface area contributed by atoms with Crippen LogP contribution in [0.2, 0.25) is 0 Å². The fraction of sp³-hybridized carbons (Fsp3) is 0.333. The maximum Gasteiger partial charge on any atom is 0.336 e. The van der Waals surface area contributed by atoms with E-state index in [0.29, 0.717) is 12.1 Å². The maximum atomic E-state index is 12.5. The molecule has 1 heterocycles. The van der Waals surface area contributed by atoms with Crippen molar-refractivity contribution in [2.45, 2.75) is 6.92 Å². The quantitative estimate of drug-likeness (QED) is 0.619. The number of amides is 1. The van der Waals surface area contributed by atoms with E-state index in [0.717, 1.165) is 11.3 Å². The zero-order chi connectivity index (χ0) is 14.7. The molecule has 0 atom stereocenters. The van der Waals surface area contributed by atoms with Crippen molar-refractivity contribution in [2.24, 2.45) is 0 Å². The van der Waals surface area contributed by atoms with E-state index in [4.69, 9.17) is 9.47 Å². The Morgan fingerprint density at radius 2 is 1.95 bits per heavy atom. The van der Waals surface area contributed by atoms with Crippen molar-refractivity contribution >= 4 is 23.1 Å². The van der Waals surface area contributed by atoms with Gasteiger partial charge in [0.1, 0.15) is 0 Å². The molecule has 1 aromatic carbocycles. The van der Waals surface area contributed by atoms with E-state index in [9.17, 15) is 9.59 Å². The Morgan fingerprint density at radius 1 is 1.25 bits per heavy atom. The summed E-state index contributed by atoms with van der Waals surface area (Å²) < 4.78 is 9.80. The number of carbonyl (C=O) groups is 2. The van der Waals surface area contributed by atoms with Crippen LogP contribution >= 0.6 is 0 Å². The second kappa shape index (κ2) is 5.88. The van der Waals surface area contributed by atoms with Crippen LogP contribution in [-0.2, 0) is 19.1 Å². The molecule has 1 amide bonds. The van der Waals surface area contributed by atoms with E-state index in [1.54, 1.807) is 4.90 Å². The molecule has 0 radical (unpaired) electrons. The minimum atomic E-state index is -0.539. The van der Waals surface area contributed by atoms with Gasteiger partial charge in [0.2, 0.25) is 0 Å². The van der Waals surface area contributed by atoms with Crippen molar-refractivity contribution < 1.29 is 19.1 Å². The molecule has 0 aliphatic carbocycles. The molecule has 0 fully saturated rings. The van der Waals surface area contributed by atoms with Gasteiger partial charge in [0.05, 0.1) is 30.6 Å². The van der Waals surface area contributed by atoms with Crippen LogP contribution in [0.15, 0.2) is 29.8 Å². The number of para-hydroxylation sites is 1. The Hall–Kier alpha value is -2.14. The number of rotatable bonds is 4. The fourth-order valence-corrected chi connectivity index (χ4v) is 2.39. The molecule has 106 valence electrons. The largest absolute Gasteiger partial charge is 0.466 e. The molecule has 0 saturated carbocycles. The van der Waals surface area contributed by atoms with Gasteiger partial charge in [0.25, 0.3) is 5.91 Å². The number of methoxy groups -OCH3 is 2. The van der Waals surface area contributed by atoms with Crippen molar-refractivity contribution in [1.82, 2.24) is 0 Å². The molecular formula is C15H17NO4. The molecule has 0 N–H and O–H groups in total. The van der Waals surface area contributed by atoms with E-state index in [2.05, 4.69) is 0 Å². The molecule has 0 saturated heterocycles. The minimum absolute atomic E-state index is 0.0413. The number of fused-ring (bicyclic) bond motifs is 1. The SMILES string of the molecule is CCN1C(=O)/C(=C(\COC)C(=O)OC)c2ccccc21. The lowest BCUT2D eigenvalue weighted by molar-refractivity contribution is -0.136. The van der Waals surface area contributed by atoms with E-state index < -0.39 is 5.97 Å². The van der Waals surface area contributed by atoms with E-state index >= 15 is 0 Å². The van der Waals surface area contributed by atoms with E-state index in [-0.39, 0.29) is 18.1 Å². The van der Waals surface area contributed by atoms with Crippen molar-refractivity contribution in [1.29, 1.82) is 0 Å². The molecule has 5 nitrogen and oxygen atoms in total. The molecule has 20 heavy (non-hydrogen) atoms. The van der Waals surface area contributed by atoms with Crippen LogP contribution in [0.5, 0.6) is 0 Å². The fourth-order valence-electron chi connectivity index (χ4n) is 2.39. The van der Waals surface area contributed by atoms with Gasteiger partial charge in [-0.15, -0.1) is 0 Å². The van der Waals surface area contributed by atoms with Gasteiger partial charge in [-0.3, -0.25) is 4.79 Å². The third-order valence-corrected chi connectivity index (χ3v) is 3.26. The summed E-state index contributed by atoms with van der Waals surface area (Å²) in [6.07, 6.45) is 0. The number of ether oxygens (including phenoxy) is 2. The summed E-state index contributed by atoms with van der Waals surface area (Å²) in [4.78, 5) is 26.1. The molecule has 0 aromatic heterocycles. The Kier molecular flexibility index (Phi) is 4.20. The monoisotopic (exact) mass is 275 g/mol. The highest BCUT2D eigenvalue weighted by molar-refractivity contribution is 6.35. The third kappa shape index (κ3) is 2.20. The number of esters is 1. The van der Waals surface area contributed by atoms with Crippen LogP contribution in [0, 0.1) is 0 Å². The van der Waals surface area contributed by atoms with Crippen LogP contribution in [0.4, 0.5) is 5.69 Å². The molecule has 0 bridgehead atoms. The molecule has 1 aliphatic heterocycles. The highest BCUT2D eigenvalue weighted by Gasteiger charge is 2.35. The van der Waals surface area contributed by atoms with Gasteiger partial charge in [0.15, 0.2) is 0 Å². The number of benzene rings is 1. The van der Waals surface area contributed by atoms with Crippen molar-refractivity contribution in [2.75, 3.05) is 32.3 Å². The third-order valence-electron chi connectivity index (χ3n) is 3.26. The summed E-state index contributed by atoms with van der Waals surface area (Å²) in [5.74, 6) is -0.728. The van der Waals surface area contributed by atoms with Crippen LogP contribution in [0.3, 0.4) is 0 Å². The molecule has 5 heteroatoms. The average Bonchev–Trinajstić information content (AvgIpc) is 2.75. The number of carbonyl (C=O) groups excluding carboxylic acids is 2. The summed E-state index contributed by atoms with van der Waals surface area (Å²) in [6, 6.07) is 7.40. The second-order valence-corrected chi connectivity index (χ2v) is 4.34. The summed E-state index contributed by atoms with van der Waals surface area (Å²) in [6.45, 7) is 2.48. The van der Waals surface area contributed by atoms with Gasteiger partial charge in [-0.1, -0.05) is 18.2 Å². The zero-order valence-electron chi connectivity index (χ0n) is 11.8. The first kappa shape index (κ1) is 14.3. The van der Waals surface area contributed by atoms with Crippen molar-refractivity contribution in [3.05, 3.63) is 35.4 Å². The standard InChI is InChI=1S/C15H17NO4/c1-4-16-12-8-6-5-7-10(12)13(14(16)17)11(9-19-2)15(18)20-3/h5-8H,4,9H2,1-3H3/b13-11+. The lowest BCUT2D eigenvalue weighted by Gasteiger charge is -2.13. The average molecular weight is 275 g/mol. The number of nitrogens with zero attached hydrogens (tertiary/aromatic N) is 1. The number of anilines is 1. The van der Waals surface area contributed by atoms with Crippen molar-refractivity contribution in [3.63, 3.8) is 0 Å². The van der Waals surface area contributed by atoms with Crippen LogP contribution in [-0.4, -0.2) is 39.2 Å². The lowest BCUT2D eigenvalue weighted by Crippen LogP contribution is -2.27. The Bertz CT molecular complexity index is 577. The second-order valence-electron chi connectivity index (χ2n) is 4.34. The minimum Gasteiger partial charge on any atom is -0.466 e. The number of hydrogen-bond acceptors (Lipinski definition) is 4. The van der Waals surface area contributed by atoms with Crippen LogP contribution in [0.25, 0.3) is 5.57 Å². The normalized spacial score (nSPS) is 16.1. The van der Waals surface area contributed by atoms with Crippen LogP contribution in [0.1, 0.15) is 12.5 Å². The number of hydrogen-bond donors (Lipinski definition) is 0. The topological polar surface area (TPSA) is 55.8 Å². The summed E-state index contributed by atoms with van der Waals surface area (Å²) >= 11 is 0. The predicted molar refractivity (Wildman–Crippen MR) is 75.3 cm³/mol. The molecule has 1 aromatic rings. The van der Waals surface area contributed by atoms with E-state index in [1.165, 1.54) is 14.2 Å². The Morgan fingerprint density at radius 3 is 2.55 bits per heavy atom. The Labute approximate surface area is 117 Å². The molecule has 0 spiro atoms. The lowest BCUT2D eigenvalue weighted by atomic mass is 10.0. The first-order chi connectivity index (χ1) is 9.65. The summed E-state index contributed by atoms with van der Waals surface area (Å²) in [5, 5.41) is 0. The Balaban J connectivity index is 2.65. The smallest absolute Gasteiger partial charge is 0.336 e. The first-order valence-electron chi connectivity index (χ1n) is 6.37. The molecule has 1 aliphatic rings.